The SMILES string of the molecule is NNC(=Nc1ccccc1)Nc1ccc(Cl)c(F)c1. The van der Waals surface area contributed by atoms with Crippen LogP contribution in [0.3, 0.4) is 0 Å². The van der Waals surface area contributed by atoms with Crippen molar-refractivity contribution in [1.82, 2.24) is 5.43 Å². The number of rotatable bonds is 2. The molecule has 2 aromatic carbocycles. The number of hydrogen-bond acceptors (Lipinski definition) is 2. The molecule has 0 heterocycles. The van der Waals surface area contributed by atoms with Gasteiger partial charge in [0.05, 0.1) is 10.7 Å². The van der Waals surface area contributed by atoms with Crippen LogP contribution < -0.4 is 16.6 Å². The summed E-state index contributed by atoms with van der Waals surface area (Å²) >= 11 is 5.61. The fraction of sp³-hybridized carbons (Fsp3) is 0. The largest absolute Gasteiger partial charge is 0.325 e. The topological polar surface area (TPSA) is 62.4 Å². The van der Waals surface area contributed by atoms with Crippen LogP contribution in [0, 0.1) is 5.82 Å². The van der Waals surface area contributed by atoms with Gasteiger partial charge in [0, 0.05) is 5.69 Å². The number of halogens is 2. The molecule has 4 N–H and O–H groups in total. The maximum atomic E-state index is 13.3. The Morgan fingerprint density at radius 2 is 1.89 bits per heavy atom. The van der Waals surface area contributed by atoms with Crippen molar-refractivity contribution in [1.29, 1.82) is 0 Å². The minimum Gasteiger partial charge on any atom is -0.325 e. The Morgan fingerprint density at radius 1 is 1.16 bits per heavy atom. The third kappa shape index (κ3) is 3.67. The molecule has 19 heavy (non-hydrogen) atoms. The Bertz CT molecular complexity index is 586. The molecule has 0 spiro atoms. The molecule has 2 rings (SSSR count). The molecule has 6 heteroatoms. The molecule has 0 aliphatic heterocycles. The van der Waals surface area contributed by atoms with Crippen molar-refractivity contribution < 1.29 is 4.39 Å². The van der Waals surface area contributed by atoms with E-state index in [1.165, 1.54) is 12.1 Å². The Kier molecular flexibility index (Phi) is 4.33. The van der Waals surface area contributed by atoms with Crippen molar-refractivity contribution in [3.8, 4) is 0 Å². The van der Waals surface area contributed by atoms with Gasteiger partial charge in [-0.1, -0.05) is 29.8 Å². The zero-order valence-corrected chi connectivity index (χ0v) is 10.7. The third-order valence-electron chi connectivity index (χ3n) is 2.32. The fourth-order valence-corrected chi connectivity index (χ4v) is 1.56. The van der Waals surface area contributed by atoms with Crippen LogP contribution in [0.15, 0.2) is 53.5 Å². The van der Waals surface area contributed by atoms with E-state index in [2.05, 4.69) is 15.7 Å². The van der Waals surface area contributed by atoms with Crippen LogP contribution in [-0.4, -0.2) is 5.96 Å². The highest BCUT2D eigenvalue weighted by Crippen LogP contribution is 2.19. The molecular weight excluding hydrogens is 267 g/mol. The molecule has 0 saturated carbocycles. The Labute approximate surface area is 115 Å². The van der Waals surface area contributed by atoms with Crippen LogP contribution >= 0.6 is 11.6 Å². The molecule has 0 aromatic heterocycles. The summed E-state index contributed by atoms with van der Waals surface area (Å²) in [6.45, 7) is 0. The number of aliphatic imine (C=N–C) groups is 1. The molecule has 4 nitrogen and oxygen atoms in total. The van der Waals surface area contributed by atoms with E-state index in [1.54, 1.807) is 6.07 Å². The summed E-state index contributed by atoms with van der Waals surface area (Å²) in [6.07, 6.45) is 0. The first-order valence-corrected chi connectivity index (χ1v) is 5.89. The molecule has 0 aliphatic rings. The van der Waals surface area contributed by atoms with E-state index in [0.29, 0.717) is 11.6 Å². The standard InChI is InChI=1S/C13H12ClFN4/c14-11-7-6-10(8-12(11)15)18-13(19-16)17-9-4-2-1-3-5-9/h1-8H,16H2,(H2,17,18,19). The molecule has 0 radical (unpaired) electrons. The number of nitrogens with one attached hydrogen (secondary N) is 2. The summed E-state index contributed by atoms with van der Waals surface area (Å²) in [5.74, 6) is 5.16. The minimum atomic E-state index is -0.511. The smallest absolute Gasteiger partial charge is 0.215 e. The monoisotopic (exact) mass is 278 g/mol. The van der Waals surface area contributed by atoms with E-state index in [4.69, 9.17) is 17.4 Å². The molecule has 0 bridgehead atoms. The zero-order chi connectivity index (χ0) is 13.7. The van der Waals surface area contributed by atoms with E-state index in [9.17, 15) is 4.39 Å². The summed E-state index contributed by atoms with van der Waals surface area (Å²) in [7, 11) is 0. The Morgan fingerprint density at radius 3 is 2.53 bits per heavy atom. The molecule has 98 valence electrons. The van der Waals surface area contributed by atoms with Crippen molar-refractivity contribution in [3.63, 3.8) is 0 Å². The van der Waals surface area contributed by atoms with E-state index < -0.39 is 5.82 Å². The van der Waals surface area contributed by atoms with Crippen molar-refractivity contribution in [3.05, 3.63) is 59.4 Å². The highest BCUT2D eigenvalue weighted by atomic mass is 35.5. The number of hydrazine groups is 1. The Balaban J connectivity index is 2.19. The second-order valence-corrected chi connectivity index (χ2v) is 4.10. The molecule has 0 aliphatic carbocycles. The third-order valence-corrected chi connectivity index (χ3v) is 2.62. The number of benzene rings is 2. The van der Waals surface area contributed by atoms with Crippen LogP contribution in [0.1, 0.15) is 0 Å². The van der Waals surface area contributed by atoms with Gasteiger partial charge in [-0.3, -0.25) is 5.43 Å². The first kappa shape index (κ1) is 13.3. The summed E-state index contributed by atoms with van der Waals surface area (Å²) in [5, 5.41) is 2.92. The van der Waals surface area contributed by atoms with Gasteiger partial charge in [-0.25, -0.2) is 15.2 Å². The number of nitrogens with two attached hydrogens (primary N) is 1. The van der Waals surface area contributed by atoms with Crippen molar-refractivity contribution in [2.45, 2.75) is 0 Å². The van der Waals surface area contributed by atoms with E-state index in [1.807, 2.05) is 30.3 Å². The second kappa shape index (κ2) is 6.17. The van der Waals surface area contributed by atoms with Crippen LogP contribution in [0.25, 0.3) is 0 Å². The van der Waals surface area contributed by atoms with Gasteiger partial charge >= 0.3 is 0 Å². The average Bonchev–Trinajstić information content (AvgIpc) is 2.43. The second-order valence-electron chi connectivity index (χ2n) is 3.69. The van der Waals surface area contributed by atoms with Gasteiger partial charge in [0.2, 0.25) is 5.96 Å². The quantitative estimate of drug-likeness (QED) is 0.342. The first-order valence-electron chi connectivity index (χ1n) is 5.51. The molecule has 2 aromatic rings. The lowest BCUT2D eigenvalue weighted by atomic mass is 10.3. The number of hydrogen-bond donors (Lipinski definition) is 3. The average molecular weight is 279 g/mol. The molecule has 0 unspecified atom stereocenters. The van der Waals surface area contributed by atoms with Crippen LogP contribution in [0.4, 0.5) is 15.8 Å². The van der Waals surface area contributed by atoms with Gasteiger partial charge in [0.15, 0.2) is 0 Å². The minimum absolute atomic E-state index is 0.0628. The van der Waals surface area contributed by atoms with Gasteiger partial charge < -0.3 is 5.32 Å². The van der Waals surface area contributed by atoms with E-state index in [-0.39, 0.29) is 5.02 Å². The number of anilines is 1. The van der Waals surface area contributed by atoms with Crippen LogP contribution in [0.2, 0.25) is 5.02 Å². The number of guanidine groups is 1. The lowest BCUT2D eigenvalue weighted by Gasteiger charge is -2.09. The van der Waals surface area contributed by atoms with Crippen molar-refractivity contribution >= 4 is 28.9 Å². The maximum absolute atomic E-state index is 13.3. The summed E-state index contributed by atoms with van der Waals surface area (Å²) in [4.78, 5) is 4.24. The lowest BCUT2D eigenvalue weighted by Crippen LogP contribution is -2.36. The summed E-state index contributed by atoms with van der Waals surface area (Å²) < 4.78 is 13.3. The summed E-state index contributed by atoms with van der Waals surface area (Å²) in [5.41, 5.74) is 3.63. The maximum Gasteiger partial charge on any atom is 0.215 e. The Hall–Kier alpha value is -2.11. The van der Waals surface area contributed by atoms with Gasteiger partial charge in [-0.05, 0) is 30.3 Å². The molecule has 0 atom stereocenters. The van der Waals surface area contributed by atoms with E-state index >= 15 is 0 Å². The van der Waals surface area contributed by atoms with Crippen LogP contribution in [0.5, 0.6) is 0 Å². The number of para-hydroxylation sites is 1. The predicted molar refractivity (Wildman–Crippen MR) is 75.9 cm³/mol. The highest BCUT2D eigenvalue weighted by molar-refractivity contribution is 6.30. The van der Waals surface area contributed by atoms with Crippen molar-refractivity contribution in [2.75, 3.05) is 5.32 Å². The van der Waals surface area contributed by atoms with E-state index in [0.717, 1.165) is 5.69 Å². The lowest BCUT2D eigenvalue weighted by molar-refractivity contribution is 0.629. The molecule has 0 fully saturated rings. The molecule has 0 saturated heterocycles. The van der Waals surface area contributed by atoms with Gasteiger partial charge in [0.25, 0.3) is 0 Å². The van der Waals surface area contributed by atoms with Crippen molar-refractivity contribution in [2.24, 2.45) is 10.8 Å². The number of nitrogens with zero attached hydrogens (tertiary/aromatic N) is 1. The van der Waals surface area contributed by atoms with Gasteiger partial charge in [-0.2, -0.15) is 0 Å². The normalized spacial score (nSPS) is 11.2. The first-order chi connectivity index (χ1) is 9.19. The fourth-order valence-electron chi connectivity index (χ4n) is 1.44. The van der Waals surface area contributed by atoms with Crippen LogP contribution in [-0.2, 0) is 0 Å². The van der Waals surface area contributed by atoms with Gasteiger partial charge in [0.1, 0.15) is 5.82 Å². The highest BCUT2D eigenvalue weighted by Gasteiger charge is 2.03. The zero-order valence-electron chi connectivity index (χ0n) is 9.90. The summed E-state index contributed by atoms with van der Waals surface area (Å²) in [6, 6.07) is 13.6. The predicted octanol–water partition coefficient (Wildman–Crippen LogP) is 3.04. The molecule has 0 amide bonds. The molecular formula is C13H12ClFN4. The van der Waals surface area contributed by atoms with Gasteiger partial charge in [-0.15, -0.1) is 0 Å².